The van der Waals surface area contributed by atoms with Crippen LogP contribution in [0.5, 0.6) is 5.75 Å². The SMILES string of the molecule is CC1=CC2(C)C(C)O/C3=C4\C(=O)NC(=O)C4Cc4ccc(cc4)OC4(CC5C(C)CC(C)CC5(C)C14)C32. The van der Waals surface area contributed by atoms with Gasteiger partial charge in [-0.15, -0.1) is 0 Å². The molecule has 2 saturated carbocycles. The number of carbonyl (C=O) groups excluding carboxylic acids is 2. The minimum atomic E-state index is -0.555. The fourth-order valence-electron chi connectivity index (χ4n) is 10.4. The number of hydrogen-bond acceptors (Lipinski definition) is 4. The van der Waals surface area contributed by atoms with Crippen LogP contribution >= 0.6 is 0 Å². The predicted molar refractivity (Wildman–Crippen MR) is 140 cm³/mol. The summed E-state index contributed by atoms with van der Waals surface area (Å²) in [4.78, 5) is 26.6. The van der Waals surface area contributed by atoms with Gasteiger partial charge in [0.1, 0.15) is 23.2 Å². The molecule has 10 unspecified atom stereocenters. The summed E-state index contributed by atoms with van der Waals surface area (Å²) in [5, 5.41) is 2.63. The predicted octanol–water partition coefficient (Wildman–Crippen LogP) is 5.60. The minimum Gasteiger partial charge on any atom is -0.493 e. The summed E-state index contributed by atoms with van der Waals surface area (Å²) in [7, 11) is 0. The molecule has 0 aromatic heterocycles. The number of carbonyl (C=O) groups is 2. The number of fused-ring (bicyclic) bond motifs is 4. The third-order valence-electron chi connectivity index (χ3n) is 11.4. The van der Waals surface area contributed by atoms with Crippen molar-refractivity contribution in [2.45, 2.75) is 78.9 Å². The van der Waals surface area contributed by atoms with E-state index in [0.717, 1.165) is 17.7 Å². The van der Waals surface area contributed by atoms with E-state index in [1.807, 2.05) is 0 Å². The Balaban J connectivity index is 1.55. The van der Waals surface area contributed by atoms with Crippen molar-refractivity contribution in [1.82, 2.24) is 5.32 Å². The van der Waals surface area contributed by atoms with Crippen LogP contribution in [0.3, 0.4) is 0 Å². The lowest BCUT2D eigenvalue weighted by molar-refractivity contribution is -0.125. The first-order chi connectivity index (χ1) is 17.5. The van der Waals surface area contributed by atoms with Gasteiger partial charge < -0.3 is 9.47 Å². The Morgan fingerprint density at radius 2 is 1.73 bits per heavy atom. The van der Waals surface area contributed by atoms with E-state index in [9.17, 15) is 9.59 Å². The molecule has 4 heterocycles. The van der Waals surface area contributed by atoms with E-state index in [2.05, 4.69) is 77.2 Å². The number of ether oxygens (including phenoxy) is 2. The van der Waals surface area contributed by atoms with E-state index in [4.69, 9.17) is 9.47 Å². The maximum absolute atomic E-state index is 13.4. The fraction of sp³-hybridized carbons (Fsp3) is 0.625. The van der Waals surface area contributed by atoms with Crippen LogP contribution in [0.2, 0.25) is 0 Å². The second-order valence-corrected chi connectivity index (χ2v) is 13.8. The molecule has 2 saturated heterocycles. The Kier molecular flexibility index (Phi) is 4.64. The molecule has 10 atom stereocenters. The lowest BCUT2D eigenvalue weighted by atomic mass is 9.52. The number of benzene rings is 1. The summed E-state index contributed by atoms with van der Waals surface area (Å²) in [6.07, 6.45) is 6.15. The van der Waals surface area contributed by atoms with Crippen molar-refractivity contribution >= 4 is 11.8 Å². The van der Waals surface area contributed by atoms with Gasteiger partial charge in [-0.2, -0.15) is 0 Å². The molecule has 3 aliphatic carbocycles. The van der Waals surface area contributed by atoms with Crippen molar-refractivity contribution in [2.75, 3.05) is 0 Å². The summed E-state index contributed by atoms with van der Waals surface area (Å²) >= 11 is 0. The summed E-state index contributed by atoms with van der Waals surface area (Å²) < 4.78 is 14.1. The molecule has 196 valence electrons. The van der Waals surface area contributed by atoms with Crippen LogP contribution in [0.4, 0.5) is 0 Å². The molecule has 2 bridgehead atoms. The highest BCUT2D eigenvalue weighted by Gasteiger charge is 2.74. The highest BCUT2D eigenvalue weighted by Crippen LogP contribution is 2.73. The van der Waals surface area contributed by atoms with Crippen molar-refractivity contribution in [3.05, 3.63) is 52.8 Å². The number of hydrogen-bond donors (Lipinski definition) is 1. The van der Waals surface area contributed by atoms with Crippen LogP contribution in [0.25, 0.3) is 0 Å². The van der Waals surface area contributed by atoms with Gasteiger partial charge in [0.2, 0.25) is 5.91 Å². The van der Waals surface area contributed by atoms with Gasteiger partial charge in [0.05, 0.1) is 17.4 Å². The highest BCUT2D eigenvalue weighted by atomic mass is 16.5. The number of rotatable bonds is 0. The van der Waals surface area contributed by atoms with E-state index >= 15 is 0 Å². The molecular formula is C32H39NO4. The van der Waals surface area contributed by atoms with E-state index in [0.29, 0.717) is 35.5 Å². The summed E-state index contributed by atoms with van der Waals surface area (Å²) in [5.74, 6) is 2.37. The van der Waals surface area contributed by atoms with Crippen LogP contribution in [0.15, 0.2) is 47.2 Å². The van der Waals surface area contributed by atoms with Crippen LogP contribution in [-0.2, 0) is 20.7 Å². The zero-order chi connectivity index (χ0) is 26.1. The Labute approximate surface area is 220 Å². The summed E-state index contributed by atoms with van der Waals surface area (Å²) in [6.45, 7) is 14.0. The molecular weight excluding hydrogens is 462 g/mol. The molecule has 8 rings (SSSR count). The molecule has 37 heavy (non-hydrogen) atoms. The van der Waals surface area contributed by atoms with E-state index in [1.165, 1.54) is 18.4 Å². The van der Waals surface area contributed by atoms with E-state index in [1.54, 1.807) is 0 Å². The second-order valence-electron chi connectivity index (χ2n) is 13.8. The van der Waals surface area contributed by atoms with Crippen molar-refractivity contribution in [2.24, 2.45) is 46.3 Å². The monoisotopic (exact) mass is 501 g/mol. The molecule has 4 fully saturated rings. The molecule has 1 spiro atoms. The van der Waals surface area contributed by atoms with Crippen LogP contribution in [-0.4, -0.2) is 23.5 Å². The van der Waals surface area contributed by atoms with Crippen LogP contribution in [0.1, 0.15) is 66.4 Å². The number of imide groups is 1. The van der Waals surface area contributed by atoms with Crippen molar-refractivity contribution in [3.63, 3.8) is 0 Å². The third kappa shape index (κ3) is 2.86. The Morgan fingerprint density at radius 3 is 2.46 bits per heavy atom. The van der Waals surface area contributed by atoms with Crippen molar-refractivity contribution in [1.29, 1.82) is 0 Å². The molecule has 5 nitrogen and oxygen atoms in total. The normalized spacial score (nSPS) is 49.6. The summed E-state index contributed by atoms with van der Waals surface area (Å²) in [5.41, 5.74) is 2.14. The molecule has 1 N–H and O–H groups in total. The van der Waals surface area contributed by atoms with Gasteiger partial charge in [-0.25, -0.2) is 0 Å². The Bertz CT molecular complexity index is 1280. The molecule has 0 radical (unpaired) electrons. The van der Waals surface area contributed by atoms with E-state index in [-0.39, 0.29) is 40.6 Å². The molecule has 1 aromatic rings. The molecule has 4 aliphatic heterocycles. The largest absolute Gasteiger partial charge is 0.493 e. The standard InChI is InChI=1S/C32H39NO4/c1-16-11-17(2)23-15-32-26(31(23,6)13-16)18(3)14-30(5)19(4)36-25(27(30)32)24-22(28(34)33-29(24)35)12-20-7-9-21(37-32)10-8-20/h7-10,14,16-17,19,22-23,26-27H,11-13,15H2,1-6H3,(H,33,34,35)/b25-24-. The first kappa shape index (κ1) is 23.5. The molecule has 1 aromatic carbocycles. The van der Waals surface area contributed by atoms with Gasteiger partial charge in [0, 0.05) is 11.3 Å². The van der Waals surface area contributed by atoms with Crippen LogP contribution < -0.4 is 10.1 Å². The number of nitrogens with one attached hydrogen (secondary N) is 1. The number of amides is 2. The van der Waals surface area contributed by atoms with Gasteiger partial charge in [-0.05, 0) is 80.4 Å². The first-order valence-corrected chi connectivity index (χ1v) is 14.2. The average Bonchev–Trinajstić information content (AvgIpc) is 3.32. The van der Waals surface area contributed by atoms with Gasteiger partial charge in [0.25, 0.3) is 5.91 Å². The molecule has 2 amide bonds. The maximum atomic E-state index is 13.4. The highest BCUT2D eigenvalue weighted by molar-refractivity contribution is 6.15. The topological polar surface area (TPSA) is 64.6 Å². The first-order valence-electron chi connectivity index (χ1n) is 14.2. The minimum absolute atomic E-state index is 0.0911. The average molecular weight is 502 g/mol. The smallest absolute Gasteiger partial charge is 0.258 e. The fourth-order valence-corrected chi connectivity index (χ4v) is 10.4. The zero-order valence-electron chi connectivity index (χ0n) is 22.9. The van der Waals surface area contributed by atoms with Gasteiger partial charge in [-0.1, -0.05) is 51.5 Å². The molecule has 7 aliphatic rings. The Hall–Kier alpha value is -2.56. The maximum Gasteiger partial charge on any atom is 0.258 e. The summed E-state index contributed by atoms with van der Waals surface area (Å²) in [6, 6.07) is 8.26. The van der Waals surface area contributed by atoms with Gasteiger partial charge in [-0.3, -0.25) is 14.9 Å². The van der Waals surface area contributed by atoms with Gasteiger partial charge in [0.15, 0.2) is 0 Å². The van der Waals surface area contributed by atoms with Gasteiger partial charge >= 0.3 is 0 Å². The lowest BCUT2D eigenvalue weighted by Gasteiger charge is -2.54. The quantitative estimate of drug-likeness (QED) is 0.371. The van der Waals surface area contributed by atoms with E-state index < -0.39 is 11.5 Å². The van der Waals surface area contributed by atoms with Crippen molar-refractivity contribution < 1.29 is 19.1 Å². The zero-order valence-corrected chi connectivity index (χ0v) is 22.9. The third-order valence-corrected chi connectivity index (χ3v) is 11.4. The lowest BCUT2D eigenvalue weighted by Crippen LogP contribution is -2.58. The van der Waals surface area contributed by atoms with Crippen molar-refractivity contribution in [3.8, 4) is 5.75 Å². The van der Waals surface area contributed by atoms with Crippen LogP contribution in [0, 0.1) is 46.3 Å². The molecule has 5 heteroatoms. The Morgan fingerprint density at radius 1 is 1.00 bits per heavy atom. The second kappa shape index (κ2) is 7.30.